The predicted octanol–water partition coefficient (Wildman–Crippen LogP) is 1.24. The van der Waals surface area contributed by atoms with Gasteiger partial charge < -0.3 is 9.64 Å². The van der Waals surface area contributed by atoms with E-state index in [-0.39, 0.29) is 18.2 Å². The van der Waals surface area contributed by atoms with Crippen LogP contribution in [-0.4, -0.2) is 30.2 Å². The summed E-state index contributed by atoms with van der Waals surface area (Å²) in [4.78, 5) is 24.8. The second-order valence-electron chi connectivity index (χ2n) is 4.19. The van der Waals surface area contributed by atoms with Crippen LogP contribution in [0.4, 0.5) is 0 Å². The zero-order chi connectivity index (χ0) is 12.4. The van der Waals surface area contributed by atoms with Crippen molar-refractivity contribution >= 4 is 11.7 Å². The maximum atomic E-state index is 11.8. The molecule has 1 aliphatic rings. The highest BCUT2D eigenvalue weighted by molar-refractivity contribution is 6.07. The number of Topliss-reactive ketones (excluding diaryl/α,β-unsaturated/α-hetero) is 1. The highest BCUT2D eigenvalue weighted by atomic mass is 16.5. The van der Waals surface area contributed by atoms with Crippen molar-refractivity contribution in [3.63, 3.8) is 0 Å². The lowest BCUT2D eigenvalue weighted by Crippen LogP contribution is -2.26. The van der Waals surface area contributed by atoms with Gasteiger partial charge in [-0.25, -0.2) is 0 Å². The average molecular weight is 233 g/mol. The van der Waals surface area contributed by atoms with Gasteiger partial charge in [-0.05, 0) is 13.0 Å². The normalized spacial score (nSPS) is 19.9. The zero-order valence-electron chi connectivity index (χ0n) is 9.97. The summed E-state index contributed by atoms with van der Waals surface area (Å²) in [5.74, 6) is 0.141. The number of hydrogen-bond acceptors (Lipinski definition) is 3. The first kappa shape index (κ1) is 11.6. The van der Waals surface area contributed by atoms with E-state index in [4.69, 9.17) is 4.74 Å². The molecular formula is C13H15NO3. The molecule has 4 heteroatoms. The van der Waals surface area contributed by atoms with Gasteiger partial charge in [-0.3, -0.25) is 9.59 Å². The van der Waals surface area contributed by atoms with Crippen LogP contribution in [-0.2, 0) is 16.1 Å². The van der Waals surface area contributed by atoms with Crippen molar-refractivity contribution in [3.05, 3.63) is 29.8 Å². The number of rotatable bonds is 3. The molecule has 1 amide bonds. The minimum absolute atomic E-state index is 0.00935. The number of para-hydroxylation sites is 1. The maximum Gasteiger partial charge on any atom is 0.233 e. The van der Waals surface area contributed by atoms with Gasteiger partial charge in [-0.15, -0.1) is 0 Å². The standard InChI is InChI=1S/C13H15NO3/c1-9-11(15)8-14(13(9)16)7-10-5-3-4-6-12(10)17-2/h3-6,9H,7-8H2,1-2H3. The molecule has 1 atom stereocenters. The minimum atomic E-state index is -0.496. The van der Waals surface area contributed by atoms with Crippen molar-refractivity contribution in [1.29, 1.82) is 0 Å². The van der Waals surface area contributed by atoms with Gasteiger partial charge in [0, 0.05) is 12.1 Å². The van der Waals surface area contributed by atoms with Gasteiger partial charge in [0.05, 0.1) is 19.6 Å². The fourth-order valence-corrected chi connectivity index (χ4v) is 1.99. The molecule has 1 fully saturated rings. The molecule has 0 bridgehead atoms. The number of methoxy groups -OCH3 is 1. The first-order valence-electron chi connectivity index (χ1n) is 5.57. The zero-order valence-corrected chi connectivity index (χ0v) is 9.97. The van der Waals surface area contributed by atoms with Gasteiger partial charge in [0.2, 0.25) is 5.91 Å². The van der Waals surface area contributed by atoms with Crippen LogP contribution in [0.3, 0.4) is 0 Å². The van der Waals surface area contributed by atoms with Crippen LogP contribution >= 0.6 is 0 Å². The fraction of sp³-hybridized carbons (Fsp3) is 0.385. The Kier molecular flexibility index (Phi) is 3.13. The van der Waals surface area contributed by atoms with Gasteiger partial charge in [-0.2, -0.15) is 0 Å². The summed E-state index contributed by atoms with van der Waals surface area (Å²) in [6, 6.07) is 7.52. The van der Waals surface area contributed by atoms with Crippen LogP contribution in [0.2, 0.25) is 0 Å². The minimum Gasteiger partial charge on any atom is -0.496 e. The van der Waals surface area contributed by atoms with Crippen molar-refractivity contribution in [3.8, 4) is 5.75 Å². The molecule has 1 aromatic rings. The van der Waals surface area contributed by atoms with Gasteiger partial charge in [0.1, 0.15) is 5.75 Å². The van der Waals surface area contributed by atoms with Crippen LogP contribution in [0.25, 0.3) is 0 Å². The lowest BCUT2D eigenvalue weighted by atomic mass is 10.1. The molecule has 0 N–H and O–H groups in total. The summed E-state index contributed by atoms with van der Waals surface area (Å²) in [6.07, 6.45) is 0. The number of amides is 1. The summed E-state index contributed by atoms with van der Waals surface area (Å²) in [5.41, 5.74) is 0.922. The average Bonchev–Trinajstić information content (AvgIpc) is 2.58. The third-order valence-corrected chi connectivity index (χ3v) is 3.07. The molecule has 2 rings (SSSR count). The molecular weight excluding hydrogens is 218 g/mol. The summed E-state index contributed by atoms with van der Waals surface area (Å²) in [5, 5.41) is 0. The fourth-order valence-electron chi connectivity index (χ4n) is 1.99. The molecule has 1 unspecified atom stereocenters. The van der Waals surface area contributed by atoms with E-state index in [2.05, 4.69) is 0 Å². The first-order chi connectivity index (χ1) is 8.13. The van der Waals surface area contributed by atoms with Gasteiger partial charge in [0.25, 0.3) is 0 Å². The Bertz CT molecular complexity index is 456. The van der Waals surface area contributed by atoms with Crippen LogP contribution < -0.4 is 4.74 Å². The molecule has 0 spiro atoms. The number of benzene rings is 1. The van der Waals surface area contributed by atoms with Crippen LogP contribution in [0.5, 0.6) is 5.75 Å². The third kappa shape index (κ3) is 2.16. The molecule has 0 aliphatic carbocycles. The van der Waals surface area contributed by atoms with Crippen molar-refractivity contribution in [2.24, 2.45) is 5.92 Å². The molecule has 0 saturated carbocycles. The van der Waals surface area contributed by atoms with E-state index in [9.17, 15) is 9.59 Å². The SMILES string of the molecule is COc1ccccc1CN1CC(=O)C(C)C1=O. The van der Waals surface area contributed by atoms with E-state index < -0.39 is 5.92 Å². The summed E-state index contributed by atoms with van der Waals surface area (Å²) in [6.45, 7) is 2.30. The second kappa shape index (κ2) is 4.57. The number of ketones is 1. The Balaban J connectivity index is 2.17. The smallest absolute Gasteiger partial charge is 0.233 e. The largest absolute Gasteiger partial charge is 0.496 e. The summed E-state index contributed by atoms with van der Waals surface area (Å²) < 4.78 is 5.22. The topological polar surface area (TPSA) is 46.6 Å². The van der Waals surface area contributed by atoms with E-state index in [0.29, 0.717) is 6.54 Å². The number of nitrogens with zero attached hydrogens (tertiary/aromatic N) is 1. The number of carbonyl (C=O) groups is 2. The van der Waals surface area contributed by atoms with Gasteiger partial charge in [-0.1, -0.05) is 18.2 Å². The molecule has 0 radical (unpaired) electrons. The lowest BCUT2D eigenvalue weighted by Gasteiger charge is -2.17. The Morgan fingerprint density at radius 2 is 2.06 bits per heavy atom. The highest BCUT2D eigenvalue weighted by Gasteiger charge is 2.35. The molecule has 4 nitrogen and oxygen atoms in total. The number of ether oxygens (including phenoxy) is 1. The van der Waals surface area contributed by atoms with E-state index in [1.807, 2.05) is 24.3 Å². The second-order valence-corrected chi connectivity index (χ2v) is 4.19. The predicted molar refractivity (Wildman–Crippen MR) is 62.6 cm³/mol. The van der Waals surface area contributed by atoms with E-state index in [0.717, 1.165) is 11.3 Å². The summed E-state index contributed by atoms with van der Waals surface area (Å²) >= 11 is 0. The Morgan fingerprint density at radius 1 is 1.35 bits per heavy atom. The molecule has 0 aromatic heterocycles. The molecule has 17 heavy (non-hydrogen) atoms. The Hall–Kier alpha value is -1.84. The van der Waals surface area contributed by atoms with E-state index in [1.165, 1.54) is 0 Å². The molecule has 1 saturated heterocycles. The van der Waals surface area contributed by atoms with Crippen molar-refractivity contribution in [1.82, 2.24) is 4.90 Å². The lowest BCUT2D eigenvalue weighted by molar-refractivity contribution is -0.132. The van der Waals surface area contributed by atoms with Gasteiger partial charge in [0.15, 0.2) is 5.78 Å². The molecule has 1 aliphatic heterocycles. The van der Waals surface area contributed by atoms with E-state index >= 15 is 0 Å². The van der Waals surface area contributed by atoms with Gasteiger partial charge >= 0.3 is 0 Å². The monoisotopic (exact) mass is 233 g/mol. The summed E-state index contributed by atoms with van der Waals surface area (Å²) in [7, 11) is 1.60. The molecule has 1 heterocycles. The Labute approximate surface area is 100 Å². The van der Waals surface area contributed by atoms with Crippen molar-refractivity contribution in [2.75, 3.05) is 13.7 Å². The maximum absolute atomic E-state index is 11.8. The highest BCUT2D eigenvalue weighted by Crippen LogP contribution is 2.22. The van der Waals surface area contributed by atoms with Crippen LogP contribution in [0.1, 0.15) is 12.5 Å². The number of carbonyl (C=O) groups excluding carboxylic acids is 2. The van der Waals surface area contributed by atoms with E-state index in [1.54, 1.807) is 18.9 Å². The quantitative estimate of drug-likeness (QED) is 0.738. The number of hydrogen-bond donors (Lipinski definition) is 0. The number of likely N-dealkylation sites (tertiary alicyclic amines) is 1. The molecule has 90 valence electrons. The van der Waals surface area contributed by atoms with Crippen LogP contribution in [0.15, 0.2) is 24.3 Å². The van der Waals surface area contributed by atoms with Crippen molar-refractivity contribution < 1.29 is 14.3 Å². The third-order valence-electron chi connectivity index (χ3n) is 3.07. The Morgan fingerprint density at radius 3 is 2.65 bits per heavy atom. The van der Waals surface area contributed by atoms with Crippen LogP contribution in [0, 0.1) is 5.92 Å². The first-order valence-corrected chi connectivity index (χ1v) is 5.57. The van der Waals surface area contributed by atoms with Crippen molar-refractivity contribution in [2.45, 2.75) is 13.5 Å². The molecule has 1 aromatic carbocycles.